The minimum absolute atomic E-state index is 0.721. The Kier molecular flexibility index (Phi) is 2.35. The summed E-state index contributed by atoms with van der Waals surface area (Å²) < 4.78 is 0. The third kappa shape index (κ3) is 1.68. The van der Waals surface area contributed by atoms with Gasteiger partial charge in [-0.1, -0.05) is 24.3 Å². The van der Waals surface area contributed by atoms with Crippen LogP contribution in [0, 0.1) is 0 Å². The van der Waals surface area contributed by atoms with Gasteiger partial charge in [-0.15, -0.1) is 0 Å². The van der Waals surface area contributed by atoms with Gasteiger partial charge in [0.1, 0.15) is 11.4 Å². The minimum atomic E-state index is 0.721. The zero-order valence-corrected chi connectivity index (χ0v) is 10.5. The predicted octanol–water partition coefficient (Wildman–Crippen LogP) is 2.98. The number of aromatic nitrogens is 3. The number of aliphatic imine (C=N–C) groups is 1. The maximum atomic E-state index is 4.63. The van der Waals surface area contributed by atoms with Crippen LogP contribution in [0.25, 0.3) is 11.3 Å². The third-order valence-corrected chi connectivity index (χ3v) is 3.21. The van der Waals surface area contributed by atoms with Crippen LogP contribution in [-0.4, -0.2) is 21.0 Å². The average Bonchev–Trinajstić information content (AvgIpc) is 2.90. The molecule has 5 heteroatoms. The number of H-pyrrole nitrogens is 1. The molecule has 3 aromatic rings. The SMILES string of the molecule is c1ccc(C2=Nc3cn[nH]c3-c3ccccc3N2)nc1. The van der Waals surface area contributed by atoms with E-state index in [1.54, 1.807) is 12.4 Å². The number of hydrogen-bond acceptors (Lipinski definition) is 4. The van der Waals surface area contributed by atoms with E-state index < -0.39 is 0 Å². The van der Waals surface area contributed by atoms with Crippen LogP contribution < -0.4 is 5.32 Å². The van der Waals surface area contributed by atoms with Crippen LogP contribution in [0.15, 0.2) is 59.9 Å². The molecule has 0 saturated carbocycles. The maximum absolute atomic E-state index is 4.63. The Morgan fingerprint density at radius 1 is 0.950 bits per heavy atom. The van der Waals surface area contributed by atoms with Gasteiger partial charge < -0.3 is 5.32 Å². The average molecular weight is 261 g/mol. The van der Waals surface area contributed by atoms with E-state index in [0.29, 0.717) is 0 Å². The molecular weight excluding hydrogens is 250 g/mol. The number of benzene rings is 1. The van der Waals surface area contributed by atoms with Crippen LogP contribution >= 0.6 is 0 Å². The van der Waals surface area contributed by atoms with Gasteiger partial charge in [0.15, 0.2) is 5.84 Å². The summed E-state index contributed by atoms with van der Waals surface area (Å²) in [5.74, 6) is 0.721. The first kappa shape index (κ1) is 10.9. The molecule has 3 heterocycles. The Morgan fingerprint density at radius 2 is 1.85 bits per heavy atom. The second-order valence-corrected chi connectivity index (χ2v) is 4.48. The van der Waals surface area contributed by atoms with E-state index in [4.69, 9.17) is 0 Å². The molecule has 0 amide bonds. The summed E-state index contributed by atoms with van der Waals surface area (Å²) >= 11 is 0. The minimum Gasteiger partial charge on any atom is -0.338 e. The summed E-state index contributed by atoms with van der Waals surface area (Å²) in [5, 5.41) is 10.4. The highest BCUT2D eigenvalue weighted by Crippen LogP contribution is 2.36. The van der Waals surface area contributed by atoms with Crippen LogP contribution in [0.5, 0.6) is 0 Å². The Bertz CT molecular complexity index is 789. The van der Waals surface area contributed by atoms with Crippen molar-refractivity contribution < 1.29 is 0 Å². The van der Waals surface area contributed by atoms with E-state index in [9.17, 15) is 0 Å². The summed E-state index contributed by atoms with van der Waals surface area (Å²) in [6, 6.07) is 13.8. The fraction of sp³-hybridized carbons (Fsp3) is 0. The molecule has 0 spiro atoms. The van der Waals surface area contributed by atoms with Crippen molar-refractivity contribution in [2.24, 2.45) is 4.99 Å². The summed E-state index contributed by atoms with van der Waals surface area (Å²) in [4.78, 5) is 8.98. The summed E-state index contributed by atoms with van der Waals surface area (Å²) in [7, 11) is 0. The molecule has 0 atom stereocenters. The molecule has 1 aliphatic heterocycles. The first-order valence-electron chi connectivity index (χ1n) is 6.32. The molecule has 0 radical (unpaired) electrons. The molecule has 0 fully saturated rings. The van der Waals surface area contributed by atoms with Crippen LogP contribution in [0.4, 0.5) is 11.4 Å². The second kappa shape index (κ2) is 4.31. The van der Waals surface area contributed by atoms with Crippen molar-refractivity contribution >= 4 is 17.2 Å². The zero-order chi connectivity index (χ0) is 13.4. The molecule has 0 aliphatic carbocycles. The number of amidine groups is 1. The van der Waals surface area contributed by atoms with Crippen molar-refractivity contribution in [2.45, 2.75) is 0 Å². The lowest BCUT2D eigenvalue weighted by Gasteiger charge is -2.09. The van der Waals surface area contributed by atoms with Crippen molar-refractivity contribution in [1.82, 2.24) is 15.2 Å². The largest absolute Gasteiger partial charge is 0.338 e. The second-order valence-electron chi connectivity index (χ2n) is 4.48. The van der Waals surface area contributed by atoms with Crippen molar-refractivity contribution in [3.63, 3.8) is 0 Å². The highest BCUT2D eigenvalue weighted by atomic mass is 15.1. The Balaban J connectivity index is 1.94. The number of nitrogens with one attached hydrogen (secondary N) is 2. The summed E-state index contributed by atoms with van der Waals surface area (Å²) in [6.07, 6.45) is 3.48. The van der Waals surface area contributed by atoms with Gasteiger partial charge in [-0.3, -0.25) is 10.1 Å². The van der Waals surface area contributed by atoms with E-state index in [-0.39, 0.29) is 0 Å². The lowest BCUT2D eigenvalue weighted by molar-refractivity contribution is 1.10. The van der Waals surface area contributed by atoms with Crippen LogP contribution in [0.3, 0.4) is 0 Å². The number of rotatable bonds is 1. The third-order valence-electron chi connectivity index (χ3n) is 3.21. The molecule has 0 unspecified atom stereocenters. The van der Waals surface area contributed by atoms with Gasteiger partial charge in [-0.2, -0.15) is 5.10 Å². The molecule has 2 aromatic heterocycles. The monoisotopic (exact) mass is 261 g/mol. The zero-order valence-electron chi connectivity index (χ0n) is 10.5. The topological polar surface area (TPSA) is 66.0 Å². The van der Waals surface area contributed by atoms with Crippen LogP contribution in [-0.2, 0) is 0 Å². The number of para-hydroxylation sites is 1. The van der Waals surface area contributed by atoms with E-state index in [1.165, 1.54) is 0 Å². The Morgan fingerprint density at radius 3 is 2.75 bits per heavy atom. The van der Waals surface area contributed by atoms with E-state index >= 15 is 0 Å². The fourth-order valence-electron chi connectivity index (χ4n) is 2.27. The molecule has 96 valence electrons. The summed E-state index contributed by atoms with van der Waals surface area (Å²) in [6.45, 7) is 0. The smallest absolute Gasteiger partial charge is 0.157 e. The van der Waals surface area contributed by atoms with Gasteiger partial charge >= 0.3 is 0 Å². The molecule has 0 bridgehead atoms. The van der Waals surface area contributed by atoms with Gasteiger partial charge in [0, 0.05) is 17.4 Å². The standard InChI is InChI=1S/C15H11N5/c1-2-6-11-10(5-1)14-13(9-17-20-14)19-15(18-11)12-7-3-4-8-16-12/h1-9H,(H,17,20)(H,18,19). The molecule has 20 heavy (non-hydrogen) atoms. The van der Waals surface area contributed by atoms with Crippen LogP contribution in [0.1, 0.15) is 5.69 Å². The molecule has 0 saturated heterocycles. The van der Waals surface area contributed by atoms with Gasteiger partial charge in [0.2, 0.25) is 0 Å². The predicted molar refractivity (Wildman–Crippen MR) is 78.1 cm³/mol. The number of anilines is 1. The highest BCUT2D eigenvalue weighted by Gasteiger charge is 2.18. The number of pyridine rings is 1. The summed E-state index contributed by atoms with van der Waals surface area (Å²) in [5.41, 5.74) is 4.56. The molecule has 1 aliphatic rings. The normalized spacial score (nSPS) is 12.7. The number of nitrogens with zero attached hydrogens (tertiary/aromatic N) is 3. The van der Waals surface area contributed by atoms with Gasteiger partial charge in [-0.25, -0.2) is 4.99 Å². The number of fused-ring (bicyclic) bond motifs is 3. The molecule has 2 N–H and O–H groups in total. The fourth-order valence-corrected chi connectivity index (χ4v) is 2.27. The quantitative estimate of drug-likeness (QED) is 0.707. The van der Waals surface area contributed by atoms with Crippen molar-refractivity contribution in [3.05, 3.63) is 60.6 Å². The van der Waals surface area contributed by atoms with E-state index in [2.05, 4.69) is 25.5 Å². The van der Waals surface area contributed by atoms with Gasteiger partial charge in [0.05, 0.1) is 11.9 Å². The molecule has 4 rings (SSSR count). The van der Waals surface area contributed by atoms with Crippen LogP contribution in [0.2, 0.25) is 0 Å². The molecule has 1 aromatic carbocycles. The molecule has 5 nitrogen and oxygen atoms in total. The highest BCUT2D eigenvalue weighted by molar-refractivity contribution is 6.11. The number of hydrogen-bond donors (Lipinski definition) is 2. The molecular formula is C15H11N5. The van der Waals surface area contributed by atoms with Gasteiger partial charge in [0.25, 0.3) is 0 Å². The lowest BCUT2D eigenvalue weighted by Crippen LogP contribution is -2.14. The Labute approximate surface area is 115 Å². The Hall–Kier alpha value is -2.95. The first-order valence-corrected chi connectivity index (χ1v) is 6.32. The first-order chi connectivity index (χ1) is 9.92. The van der Waals surface area contributed by atoms with E-state index in [0.717, 1.165) is 34.2 Å². The van der Waals surface area contributed by atoms with Crippen molar-refractivity contribution in [1.29, 1.82) is 0 Å². The van der Waals surface area contributed by atoms with E-state index in [1.807, 2.05) is 42.5 Å². The maximum Gasteiger partial charge on any atom is 0.157 e. The lowest BCUT2D eigenvalue weighted by atomic mass is 10.1. The van der Waals surface area contributed by atoms with Gasteiger partial charge in [-0.05, 0) is 18.2 Å². The van der Waals surface area contributed by atoms with Crippen molar-refractivity contribution in [3.8, 4) is 11.3 Å². The van der Waals surface area contributed by atoms with Crippen molar-refractivity contribution in [2.75, 3.05) is 5.32 Å². The number of aromatic amines is 1.